The minimum absolute atomic E-state index is 0.0426. The number of anilines is 1. The molecule has 38 heavy (non-hydrogen) atoms. The average Bonchev–Trinajstić information content (AvgIpc) is 2.92. The molecule has 0 aromatic heterocycles. The van der Waals surface area contributed by atoms with Gasteiger partial charge in [0.05, 0.1) is 25.4 Å². The van der Waals surface area contributed by atoms with Crippen molar-refractivity contribution in [3.8, 4) is 0 Å². The van der Waals surface area contributed by atoms with Crippen LogP contribution < -0.4 is 9.62 Å². The van der Waals surface area contributed by atoms with Crippen LogP contribution in [-0.2, 0) is 34.6 Å². The van der Waals surface area contributed by atoms with Gasteiger partial charge in [-0.2, -0.15) is 12.7 Å². The summed E-state index contributed by atoms with van der Waals surface area (Å²) in [7, 11) is -1.16. The summed E-state index contributed by atoms with van der Waals surface area (Å²) in [5.41, 5.74) is 3.24. The Kier molecular flexibility index (Phi) is 9.11. The van der Waals surface area contributed by atoms with E-state index in [0.717, 1.165) is 47.0 Å². The highest BCUT2D eigenvalue weighted by Crippen LogP contribution is 2.25. The van der Waals surface area contributed by atoms with Gasteiger partial charge in [0.25, 0.3) is 5.91 Å². The molecule has 1 heterocycles. The molecule has 1 aliphatic heterocycles. The first kappa shape index (κ1) is 27.7. The van der Waals surface area contributed by atoms with Gasteiger partial charge in [0.2, 0.25) is 0 Å². The number of carbonyl (C=O) groups excluding carboxylic acids is 1. The highest BCUT2D eigenvalue weighted by atomic mass is 32.2. The summed E-state index contributed by atoms with van der Waals surface area (Å²) >= 11 is 0. The zero-order valence-electron chi connectivity index (χ0n) is 21.6. The van der Waals surface area contributed by atoms with Crippen LogP contribution in [0.2, 0.25) is 0 Å². The molecule has 0 aliphatic carbocycles. The lowest BCUT2D eigenvalue weighted by atomic mass is 10.1. The number of nitrogens with one attached hydrogen (secondary N) is 1. The summed E-state index contributed by atoms with van der Waals surface area (Å²) < 4.78 is 47.8. The number of hydrogen-bond acceptors (Lipinski definition) is 5. The highest BCUT2D eigenvalue weighted by Gasteiger charge is 2.27. The van der Waals surface area contributed by atoms with Gasteiger partial charge in [-0.3, -0.25) is 14.0 Å². The fourth-order valence-corrected chi connectivity index (χ4v) is 5.24. The van der Waals surface area contributed by atoms with Crippen molar-refractivity contribution < 1.29 is 22.3 Å². The molecule has 0 spiro atoms. The molecule has 8 nitrogen and oxygen atoms in total. The van der Waals surface area contributed by atoms with E-state index in [0.29, 0.717) is 17.7 Å². The van der Waals surface area contributed by atoms with Crippen LogP contribution in [0, 0.1) is 5.82 Å². The van der Waals surface area contributed by atoms with Crippen molar-refractivity contribution >= 4 is 21.8 Å². The van der Waals surface area contributed by atoms with Gasteiger partial charge in [-0.25, -0.2) is 4.39 Å². The lowest BCUT2D eigenvalue weighted by Crippen LogP contribution is -2.40. The molecule has 1 fully saturated rings. The summed E-state index contributed by atoms with van der Waals surface area (Å²) in [5, 5.41) is 2.92. The van der Waals surface area contributed by atoms with Gasteiger partial charge in [0, 0.05) is 45.8 Å². The van der Waals surface area contributed by atoms with Gasteiger partial charge in [0.15, 0.2) is 0 Å². The van der Waals surface area contributed by atoms with Crippen LogP contribution in [-0.4, -0.2) is 63.9 Å². The number of amides is 1. The van der Waals surface area contributed by atoms with Crippen LogP contribution in [0.15, 0.2) is 72.8 Å². The fourth-order valence-electron chi connectivity index (χ4n) is 4.13. The molecule has 1 amide bonds. The Balaban J connectivity index is 1.36. The van der Waals surface area contributed by atoms with E-state index in [-0.39, 0.29) is 18.1 Å². The van der Waals surface area contributed by atoms with Gasteiger partial charge < -0.3 is 10.1 Å². The largest absolute Gasteiger partial charge is 0.379 e. The highest BCUT2D eigenvalue weighted by molar-refractivity contribution is 7.90. The second kappa shape index (κ2) is 12.5. The van der Waals surface area contributed by atoms with Crippen molar-refractivity contribution in [2.45, 2.75) is 19.6 Å². The Labute approximate surface area is 223 Å². The van der Waals surface area contributed by atoms with Crippen LogP contribution in [0.1, 0.15) is 27.0 Å². The molecule has 0 saturated carbocycles. The summed E-state index contributed by atoms with van der Waals surface area (Å²) in [4.78, 5) is 15.1. The molecule has 0 bridgehead atoms. The normalized spacial score (nSPS) is 14.4. The number of halogens is 1. The molecule has 10 heteroatoms. The number of nitrogens with zero attached hydrogens (tertiary/aromatic N) is 3. The van der Waals surface area contributed by atoms with E-state index in [9.17, 15) is 17.6 Å². The molecule has 202 valence electrons. The predicted molar refractivity (Wildman–Crippen MR) is 145 cm³/mol. The maximum absolute atomic E-state index is 14.5. The summed E-state index contributed by atoms with van der Waals surface area (Å²) in [6, 6.07) is 20.5. The van der Waals surface area contributed by atoms with Crippen LogP contribution in [0.3, 0.4) is 0 Å². The van der Waals surface area contributed by atoms with Crippen LogP contribution >= 0.6 is 0 Å². The number of ether oxygens (including phenoxy) is 1. The van der Waals surface area contributed by atoms with E-state index >= 15 is 0 Å². The van der Waals surface area contributed by atoms with E-state index in [4.69, 9.17) is 4.74 Å². The maximum atomic E-state index is 14.5. The third-order valence-electron chi connectivity index (χ3n) is 6.39. The zero-order chi connectivity index (χ0) is 27.1. The first-order chi connectivity index (χ1) is 18.2. The van der Waals surface area contributed by atoms with Crippen molar-refractivity contribution in [1.29, 1.82) is 0 Å². The predicted octanol–water partition coefficient (Wildman–Crippen LogP) is 3.40. The number of para-hydroxylation sites is 1. The van der Waals surface area contributed by atoms with Gasteiger partial charge in [-0.15, -0.1) is 0 Å². The molecule has 0 unspecified atom stereocenters. The monoisotopic (exact) mass is 540 g/mol. The lowest BCUT2D eigenvalue weighted by molar-refractivity contribution is 0.0342. The Bertz CT molecular complexity index is 1330. The fraction of sp³-hybridized carbons (Fsp3) is 0.321. The molecular formula is C28H33FN4O4S. The number of benzene rings is 3. The van der Waals surface area contributed by atoms with Crippen LogP contribution in [0.5, 0.6) is 0 Å². The number of morpholine rings is 1. The summed E-state index contributed by atoms with van der Waals surface area (Å²) in [5.74, 6) is -0.871. The Morgan fingerprint density at radius 1 is 0.921 bits per heavy atom. The van der Waals surface area contributed by atoms with E-state index in [1.165, 1.54) is 37.9 Å². The zero-order valence-corrected chi connectivity index (χ0v) is 22.5. The minimum atomic E-state index is -3.95. The minimum Gasteiger partial charge on any atom is -0.379 e. The second-order valence-corrected chi connectivity index (χ2v) is 11.4. The molecule has 3 aromatic carbocycles. The van der Waals surface area contributed by atoms with Crippen molar-refractivity contribution in [2.75, 3.05) is 44.7 Å². The number of carbonyl (C=O) groups is 1. The van der Waals surface area contributed by atoms with E-state index in [2.05, 4.69) is 22.3 Å². The van der Waals surface area contributed by atoms with Gasteiger partial charge >= 0.3 is 10.2 Å². The molecule has 1 N–H and O–H groups in total. The molecule has 3 aromatic rings. The topological polar surface area (TPSA) is 82.2 Å². The van der Waals surface area contributed by atoms with Crippen LogP contribution in [0.4, 0.5) is 10.1 Å². The number of hydrogen-bond donors (Lipinski definition) is 1. The average molecular weight is 541 g/mol. The molecule has 0 atom stereocenters. The molecule has 4 rings (SSSR count). The molecule has 1 aliphatic rings. The molecular weight excluding hydrogens is 507 g/mol. The third kappa shape index (κ3) is 6.96. The Hall–Kier alpha value is -3.31. The SMILES string of the molecule is CN(C)S(=O)(=O)N(Cc1ccc(C(=O)NCc2ccc(CN3CCOCC3)cc2)cc1)c1ccccc1F. The van der Waals surface area contributed by atoms with Gasteiger partial charge in [0.1, 0.15) is 5.82 Å². The summed E-state index contributed by atoms with van der Waals surface area (Å²) in [6.45, 7) is 4.59. The van der Waals surface area contributed by atoms with E-state index < -0.39 is 16.0 Å². The first-order valence-corrected chi connectivity index (χ1v) is 13.8. The Morgan fingerprint density at radius 3 is 2.16 bits per heavy atom. The lowest BCUT2D eigenvalue weighted by Gasteiger charge is -2.27. The van der Waals surface area contributed by atoms with E-state index in [1.807, 2.05) is 12.1 Å². The third-order valence-corrected chi connectivity index (χ3v) is 8.20. The first-order valence-electron chi connectivity index (χ1n) is 12.4. The molecule has 0 radical (unpaired) electrons. The smallest absolute Gasteiger partial charge is 0.303 e. The summed E-state index contributed by atoms with van der Waals surface area (Å²) in [6.07, 6.45) is 0. The van der Waals surface area contributed by atoms with Crippen molar-refractivity contribution in [3.63, 3.8) is 0 Å². The Morgan fingerprint density at radius 2 is 1.53 bits per heavy atom. The van der Waals surface area contributed by atoms with Crippen molar-refractivity contribution in [2.24, 2.45) is 0 Å². The van der Waals surface area contributed by atoms with Crippen molar-refractivity contribution in [1.82, 2.24) is 14.5 Å². The standard InChI is InChI=1S/C28H33FN4O4S/c1-31(2)38(35,36)33(27-6-4-3-5-26(27)29)21-24-11-13-25(14-12-24)28(34)30-19-22-7-9-23(10-8-22)20-32-15-17-37-18-16-32/h3-14H,15-21H2,1-2H3,(H,30,34). The van der Waals surface area contributed by atoms with Gasteiger partial charge in [-0.1, -0.05) is 48.5 Å². The van der Waals surface area contributed by atoms with Crippen LogP contribution in [0.25, 0.3) is 0 Å². The quantitative estimate of drug-likeness (QED) is 0.426. The number of rotatable bonds is 10. The van der Waals surface area contributed by atoms with Crippen molar-refractivity contribution in [3.05, 3.63) is 101 Å². The van der Waals surface area contributed by atoms with E-state index in [1.54, 1.807) is 30.3 Å². The molecule has 1 saturated heterocycles. The maximum Gasteiger partial charge on any atom is 0.303 e. The van der Waals surface area contributed by atoms with Gasteiger partial charge in [-0.05, 0) is 41.0 Å². The second-order valence-electron chi connectivity index (χ2n) is 9.33.